The first-order chi connectivity index (χ1) is 8.22. The first-order valence-corrected chi connectivity index (χ1v) is 5.19. The van der Waals surface area contributed by atoms with Crippen molar-refractivity contribution in [3.63, 3.8) is 0 Å². The molecule has 86 valence electrons. The van der Waals surface area contributed by atoms with E-state index in [1.807, 2.05) is 25.1 Å². The van der Waals surface area contributed by atoms with Crippen molar-refractivity contribution in [2.45, 2.75) is 6.92 Å². The van der Waals surface area contributed by atoms with Crippen LogP contribution in [0.1, 0.15) is 16.2 Å². The van der Waals surface area contributed by atoms with E-state index >= 15 is 0 Å². The Morgan fingerprint density at radius 3 is 2.76 bits per heavy atom. The summed E-state index contributed by atoms with van der Waals surface area (Å²) in [5, 5.41) is 0. The molecule has 2 heterocycles. The average molecular weight is 228 g/mol. The van der Waals surface area contributed by atoms with Gasteiger partial charge in [0.25, 0.3) is 0 Å². The molecule has 2 aromatic rings. The van der Waals surface area contributed by atoms with Crippen LogP contribution in [0.25, 0.3) is 11.3 Å². The maximum atomic E-state index is 11.6. The number of methoxy groups -OCH3 is 1. The number of nitrogens with zero attached hydrogens (tertiary/aromatic N) is 2. The molecule has 0 radical (unpaired) electrons. The van der Waals surface area contributed by atoms with Gasteiger partial charge in [0.05, 0.1) is 12.8 Å². The van der Waals surface area contributed by atoms with E-state index in [-0.39, 0.29) is 5.69 Å². The molecule has 2 rings (SSSR count). The molecule has 0 aliphatic rings. The van der Waals surface area contributed by atoms with Gasteiger partial charge in [-0.2, -0.15) is 0 Å². The molecule has 0 spiro atoms. The number of carbonyl (C=O) groups excluding carboxylic acids is 1. The van der Waals surface area contributed by atoms with Crippen LogP contribution in [0.4, 0.5) is 0 Å². The Hall–Kier alpha value is -2.23. The summed E-state index contributed by atoms with van der Waals surface area (Å²) in [6.07, 6.45) is 1.56. The number of hydrogen-bond donors (Lipinski definition) is 0. The molecule has 0 bridgehead atoms. The summed E-state index contributed by atoms with van der Waals surface area (Å²) >= 11 is 0. The van der Waals surface area contributed by atoms with Gasteiger partial charge in [0, 0.05) is 17.5 Å². The van der Waals surface area contributed by atoms with Crippen LogP contribution < -0.4 is 0 Å². The minimum atomic E-state index is -0.455. The first kappa shape index (κ1) is 11.3. The zero-order valence-corrected chi connectivity index (χ0v) is 9.68. The summed E-state index contributed by atoms with van der Waals surface area (Å²) < 4.78 is 4.70. The van der Waals surface area contributed by atoms with Gasteiger partial charge in [0.15, 0.2) is 5.69 Å². The molecule has 0 aliphatic carbocycles. The Labute approximate surface area is 99.3 Å². The SMILES string of the molecule is COC(=O)c1ncccc1-c1cccc(C)n1. The molecular weight excluding hydrogens is 216 g/mol. The maximum Gasteiger partial charge on any atom is 0.357 e. The van der Waals surface area contributed by atoms with Gasteiger partial charge in [0.2, 0.25) is 0 Å². The number of pyridine rings is 2. The van der Waals surface area contributed by atoms with E-state index in [2.05, 4.69) is 9.97 Å². The Balaban J connectivity index is 2.55. The van der Waals surface area contributed by atoms with Crippen LogP contribution in [-0.2, 0) is 4.74 Å². The van der Waals surface area contributed by atoms with Crippen LogP contribution in [0.2, 0.25) is 0 Å². The van der Waals surface area contributed by atoms with E-state index in [0.29, 0.717) is 5.56 Å². The second-order valence-electron chi connectivity index (χ2n) is 3.56. The Kier molecular flexibility index (Phi) is 3.14. The largest absolute Gasteiger partial charge is 0.464 e. The van der Waals surface area contributed by atoms with Gasteiger partial charge in [0.1, 0.15) is 0 Å². The summed E-state index contributed by atoms with van der Waals surface area (Å²) in [6.45, 7) is 1.90. The predicted molar refractivity (Wildman–Crippen MR) is 63.5 cm³/mol. The Bertz CT molecular complexity index is 553. The molecule has 0 aliphatic heterocycles. The highest BCUT2D eigenvalue weighted by molar-refractivity contribution is 5.94. The molecule has 0 fully saturated rings. The van der Waals surface area contributed by atoms with Crippen molar-refractivity contribution in [2.24, 2.45) is 0 Å². The molecule has 0 atom stereocenters. The molecule has 0 amide bonds. The van der Waals surface area contributed by atoms with E-state index in [0.717, 1.165) is 11.4 Å². The minimum absolute atomic E-state index is 0.285. The summed E-state index contributed by atoms with van der Waals surface area (Å²) in [5.74, 6) is -0.455. The van der Waals surface area contributed by atoms with Crippen molar-refractivity contribution in [2.75, 3.05) is 7.11 Å². The molecule has 4 heteroatoms. The number of esters is 1. The van der Waals surface area contributed by atoms with E-state index < -0.39 is 5.97 Å². The van der Waals surface area contributed by atoms with Gasteiger partial charge >= 0.3 is 5.97 Å². The van der Waals surface area contributed by atoms with Crippen LogP contribution in [0.3, 0.4) is 0 Å². The van der Waals surface area contributed by atoms with E-state index in [1.165, 1.54) is 7.11 Å². The quantitative estimate of drug-likeness (QED) is 0.740. The standard InChI is InChI=1S/C13H12N2O2/c1-9-5-3-7-11(15-9)10-6-4-8-14-12(10)13(16)17-2/h3-8H,1-2H3. The maximum absolute atomic E-state index is 11.6. The zero-order chi connectivity index (χ0) is 12.3. The van der Waals surface area contributed by atoms with Crippen molar-refractivity contribution in [1.82, 2.24) is 9.97 Å². The molecule has 0 unspecified atom stereocenters. The highest BCUT2D eigenvalue weighted by Gasteiger charge is 2.14. The number of aromatic nitrogens is 2. The van der Waals surface area contributed by atoms with E-state index in [4.69, 9.17) is 4.74 Å². The lowest BCUT2D eigenvalue weighted by molar-refractivity contribution is 0.0595. The van der Waals surface area contributed by atoms with Crippen molar-refractivity contribution < 1.29 is 9.53 Å². The van der Waals surface area contributed by atoms with Gasteiger partial charge in [-0.1, -0.05) is 6.07 Å². The molecule has 4 nitrogen and oxygen atoms in total. The van der Waals surface area contributed by atoms with Gasteiger partial charge < -0.3 is 4.74 Å². The fraction of sp³-hybridized carbons (Fsp3) is 0.154. The van der Waals surface area contributed by atoms with Crippen LogP contribution in [-0.4, -0.2) is 23.0 Å². The van der Waals surface area contributed by atoms with E-state index in [9.17, 15) is 4.79 Å². The minimum Gasteiger partial charge on any atom is -0.464 e. The topological polar surface area (TPSA) is 52.1 Å². The molecule has 0 aromatic carbocycles. The number of carbonyl (C=O) groups is 1. The highest BCUT2D eigenvalue weighted by atomic mass is 16.5. The third kappa shape index (κ3) is 2.30. The van der Waals surface area contributed by atoms with Crippen molar-refractivity contribution in [1.29, 1.82) is 0 Å². The lowest BCUT2D eigenvalue weighted by Crippen LogP contribution is -2.06. The summed E-state index contributed by atoms with van der Waals surface area (Å²) in [5.41, 5.74) is 2.58. The number of rotatable bonds is 2. The fourth-order valence-electron chi connectivity index (χ4n) is 1.56. The lowest BCUT2D eigenvalue weighted by atomic mass is 10.1. The van der Waals surface area contributed by atoms with Gasteiger partial charge in [-0.25, -0.2) is 9.78 Å². The van der Waals surface area contributed by atoms with Crippen molar-refractivity contribution >= 4 is 5.97 Å². The summed E-state index contributed by atoms with van der Waals surface area (Å²) in [6, 6.07) is 9.21. The third-order valence-electron chi connectivity index (χ3n) is 2.35. The summed E-state index contributed by atoms with van der Waals surface area (Å²) in [7, 11) is 1.34. The first-order valence-electron chi connectivity index (χ1n) is 5.19. The lowest BCUT2D eigenvalue weighted by Gasteiger charge is -2.06. The number of hydrogen-bond acceptors (Lipinski definition) is 4. The predicted octanol–water partition coefficient (Wildman–Crippen LogP) is 2.24. The second-order valence-corrected chi connectivity index (χ2v) is 3.56. The number of ether oxygens (including phenoxy) is 1. The Morgan fingerprint density at radius 2 is 2.06 bits per heavy atom. The third-order valence-corrected chi connectivity index (χ3v) is 2.35. The van der Waals surface area contributed by atoms with E-state index in [1.54, 1.807) is 18.3 Å². The van der Waals surface area contributed by atoms with Gasteiger partial charge in [-0.3, -0.25) is 4.98 Å². The Morgan fingerprint density at radius 1 is 1.24 bits per heavy atom. The summed E-state index contributed by atoms with van der Waals surface area (Å²) in [4.78, 5) is 20.0. The van der Waals surface area contributed by atoms with Gasteiger partial charge in [-0.05, 0) is 31.2 Å². The zero-order valence-electron chi connectivity index (χ0n) is 9.68. The van der Waals surface area contributed by atoms with Crippen LogP contribution >= 0.6 is 0 Å². The smallest absolute Gasteiger partial charge is 0.357 e. The molecule has 2 aromatic heterocycles. The monoisotopic (exact) mass is 228 g/mol. The normalized spacial score (nSPS) is 10.0. The average Bonchev–Trinajstić information content (AvgIpc) is 2.38. The number of aryl methyl sites for hydroxylation is 1. The fourth-order valence-corrected chi connectivity index (χ4v) is 1.56. The molecule has 0 N–H and O–H groups in total. The molecule has 0 saturated carbocycles. The van der Waals surface area contributed by atoms with Crippen molar-refractivity contribution in [3.05, 3.63) is 47.9 Å². The molecule has 17 heavy (non-hydrogen) atoms. The van der Waals surface area contributed by atoms with Crippen LogP contribution in [0.5, 0.6) is 0 Å². The van der Waals surface area contributed by atoms with Crippen molar-refractivity contribution in [3.8, 4) is 11.3 Å². The van der Waals surface area contributed by atoms with Crippen LogP contribution in [0.15, 0.2) is 36.5 Å². The molecule has 0 saturated heterocycles. The highest BCUT2D eigenvalue weighted by Crippen LogP contribution is 2.20. The van der Waals surface area contributed by atoms with Crippen LogP contribution in [0, 0.1) is 6.92 Å². The second kappa shape index (κ2) is 4.74. The molecular formula is C13H12N2O2. The van der Waals surface area contributed by atoms with Gasteiger partial charge in [-0.15, -0.1) is 0 Å².